The van der Waals surface area contributed by atoms with Crippen LogP contribution in [0, 0.1) is 12.3 Å². The quantitative estimate of drug-likeness (QED) is 0.681. The van der Waals surface area contributed by atoms with Gasteiger partial charge >= 0.3 is 0 Å². The molecule has 0 unspecified atom stereocenters. The molecule has 3 atom stereocenters. The van der Waals surface area contributed by atoms with Gasteiger partial charge in [-0.3, -0.25) is 9.59 Å². The first kappa shape index (κ1) is 21.8. The van der Waals surface area contributed by atoms with Crippen LogP contribution in [0.25, 0.3) is 0 Å². The van der Waals surface area contributed by atoms with Gasteiger partial charge in [-0.05, 0) is 36.7 Å². The number of aryl methyl sites for hydroxylation is 1. The van der Waals surface area contributed by atoms with E-state index < -0.39 is 23.6 Å². The summed E-state index contributed by atoms with van der Waals surface area (Å²) in [6.45, 7) is 8.16. The summed E-state index contributed by atoms with van der Waals surface area (Å²) in [7, 11) is 0. The number of aliphatic hydroxyl groups excluding tert-OH is 1. The number of carbonyl (C=O) groups excluding carboxylic acids is 2. The Morgan fingerprint density at radius 2 is 2.06 bits per heavy atom. The van der Waals surface area contributed by atoms with Gasteiger partial charge in [0, 0.05) is 25.1 Å². The van der Waals surface area contributed by atoms with Crippen LogP contribution in [-0.4, -0.2) is 65.1 Å². The molecule has 0 aromatic carbocycles. The van der Waals surface area contributed by atoms with Crippen molar-refractivity contribution in [2.45, 2.75) is 77.6 Å². The molecule has 2 aromatic heterocycles. The number of hydrogen-bond donors (Lipinski definition) is 2. The minimum atomic E-state index is -0.745. The average Bonchev–Trinajstić information content (AvgIpc) is 3.08. The average molecular weight is 448 g/mol. The van der Waals surface area contributed by atoms with Gasteiger partial charge in [0.05, 0.1) is 28.9 Å². The van der Waals surface area contributed by atoms with E-state index in [2.05, 4.69) is 25.2 Å². The van der Waals surface area contributed by atoms with Crippen LogP contribution in [-0.2, 0) is 16.1 Å². The molecule has 168 valence electrons. The van der Waals surface area contributed by atoms with E-state index in [4.69, 9.17) is 0 Å². The Labute approximate surface area is 185 Å². The van der Waals surface area contributed by atoms with Gasteiger partial charge in [-0.2, -0.15) is 0 Å². The molecule has 1 aliphatic carbocycles. The maximum Gasteiger partial charge on any atom is 0.248 e. The van der Waals surface area contributed by atoms with Crippen LogP contribution in [0.15, 0.2) is 6.20 Å². The van der Waals surface area contributed by atoms with E-state index in [1.54, 1.807) is 4.68 Å². The number of β-amino-alcohol motifs (C(OH)–C–C–N with tert-alkyl or cyclic N) is 1. The molecule has 2 aromatic rings. The molecule has 2 fully saturated rings. The summed E-state index contributed by atoms with van der Waals surface area (Å²) in [5.41, 5.74) is 1.23. The van der Waals surface area contributed by atoms with Gasteiger partial charge in [0.2, 0.25) is 11.8 Å². The van der Waals surface area contributed by atoms with Crippen molar-refractivity contribution in [1.29, 1.82) is 0 Å². The molecule has 0 radical (unpaired) electrons. The van der Waals surface area contributed by atoms with Crippen molar-refractivity contribution in [3.63, 3.8) is 0 Å². The second-order valence-electron chi connectivity index (χ2n) is 9.56. The minimum Gasteiger partial charge on any atom is -0.391 e. The van der Waals surface area contributed by atoms with Crippen LogP contribution >= 0.6 is 11.5 Å². The van der Waals surface area contributed by atoms with Gasteiger partial charge in [0.15, 0.2) is 0 Å². The Morgan fingerprint density at radius 1 is 1.32 bits per heavy atom. The van der Waals surface area contributed by atoms with Crippen molar-refractivity contribution in [1.82, 2.24) is 34.8 Å². The van der Waals surface area contributed by atoms with E-state index in [1.165, 1.54) is 16.4 Å². The normalized spacial score (nSPS) is 22.5. The Balaban J connectivity index is 1.52. The van der Waals surface area contributed by atoms with Crippen LogP contribution in [0.4, 0.5) is 0 Å². The van der Waals surface area contributed by atoms with E-state index in [9.17, 15) is 14.7 Å². The summed E-state index contributed by atoms with van der Waals surface area (Å²) in [5.74, 6) is -0.0870. The van der Waals surface area contributed by atoms with Crippen molar-refractivity contribution < 1.29 is 14.7 Å². The maximum atomic E-state index is 13.7. The number of aliphatic hydroxyl groups is 1. The third-order valence-corrected chi connectivity index (χ3v) is 6.70. The van der Waals surface area contributed by atoms with E-state index >= 15 is 0 Å². The zero-order valence-corrected chi connectivity index (χ0v) is 19.1. The third kappa shape index (κ3) is 4.62. The molecule has 31 heavy (non-hydrogen) atoms. The molecule has 1 aliphatic heterocycles. The van der Waals surface area contributed by atoms with Crippen LogP contribution in [0.3, 0.4) is 0 Å². The SMILES string of the molecule is Cc1nnsc1CNC(=O)[C@@H]1C[C@@H](O)CN1C(=O)[C@@H](n1cc(C2CC2)nn1)C(C)(C)C. The van der Waals surface area contributed by atoms with Crippen LogP contribution in [0.1, 0.15) is 68.3 Å². The summed E-state index contributed by atoms with van der Waals surface area (Å²) < 4.78 is 5.50. The van der Waals surface area contributed by atoms with Gasteiger partial charge in [0.1, 0.15) is 12.1 Å². The summed E-state index contributed by atoms with van der Waals surface area (Å²) >= 11 is 1.23. The lowest BCUT2D eigenvalue weighted by Crippen LogP contribution is -2.50. The standard InChI is InChI=1S/C20H29N7O3S/c1-11-16(31-25-22-11)8-21-18(29)15-7-13(28)9-26(15)19(30)17(20(2,3)4)27-10-14(23-24-27)12-5-6-12/h10,12-13,15,17,28H,5-9H2,1-4H3,(H,21,29)/t13-,15+,17-/m1/s1. The number of hydrogen-bond acceptors (Lipinski definition) is 8. The molecule has 4 rings (SSSR count). The highest BCUT2D eigenvalue weighted by Crippen LogP contribution is 2.40. The predicted molar refractivity (Wildman–Crippen MR) is 113 cm³/mol. The Hall–Kier alpha value is -2.40. The van der Waals surface area contributed by atoms with Crippen LogP contribution in [0.2, 0.25) is 0 Å². The Morgan fingerprint density at radius 3 is 2.68 bits per heavy atom. The lowest BCUT2D eigenvalue weighted by Gasteiger charge is -2.34. The van der Waals surface area contributed by atoms with Gasteiger partial charge in [-0.15, -0.1) is 10.2 Å². The molecule has 2 amide bonds. The molecule has 2 N–H and O–H groups in total. The van der Waals surface area contributed by atoms with Gasteiger partial charge in [-0.25, -0.2) is 4.68 Å². The van der Waals surface area contributed by atoms with Crippen molar-refractivity contribution >= 4 is 23.3 Å². The van der Waals surface area contributed by atoms with Crippen molar-refractivity contribution in [2.75, 3.05) is 6.54 Å². The van der Waals surface area contributed by atoms with Gasteiger partial charge in [-0.1, -0.05) is 30.5 Å². The highest BCUT2D eigenvalue weighted by Gasteiger charge is 2.45. The first-order valence-corrected chi connectivity index (χ1v) is 11.4. The number of rotatable bonds is 6. The Bertz CT molecular complexity index is 962. The lowest BCUT2D eigenvalue weighted by molar-refractivity contribution is -0.144. The summed E-state index contributed by atoms with van der Waals surface area (Å²) in [4.78, 5) is 29.0. The smallest absolute Gasteiger partial charge is 0.248 e. The molecular formula is C20H29N7O3S. The molecule has 3 heterocycles. The first-order valence-electron chi connectivity index (χ1n) is 10.6. The molecule has 10 nitrogen and oxygen atoms in total. The monoisotopic (exact) mass is 447 g/mol. The fourth-order valence-corrected chi connectivity index (χ4v) is 4.60. The number of nitrogens with one attached hydrogen (secondary N) is 1. The number of aromatic nitrogens is 5. The first-order chi connectivity index (χ1) is 14.6. The summed E-state index contributed by atoms with van der Waals surface area (Å²) in [5, 5.41) is 25.6. The number of nitrogens with zero attached hydrogens (tertiary/aromatic N) is 6. The maximum absolute atomic E-state index is 13.7. The minimum absolute atomic E-state index is 0.120. The topological polar surface area (TPSA) is 126 Å². The van der Waals surface area contributed by atoms with E-state index in [-0.39, 0.29) is 24.8 Å². The lowest BCUT2D eigenvalue weighted by atomic mass is 9.85. The zero-order valence-electron chi connectivity index (χ0n) is 18.3. The molecular weight excluding hydrogens is 418 g/mol. The van der Waals surface area contributed by atoms with E-state index in [0.717, 1.165) is 29.1 Å². The van der Waals surface area contributed by atoms with Crippen molar-refractivity contribution in [3.8, 4) is 0 Å². The second-order valence-corrected chi connectivity index (χ2v) is 10.4. The molecule has 11 heteroatoms. The predicted octanol–water partition coefficient (Wildman–Crippen LogP) is 1.18. The number of likely N-dealkylation sites (tertiary alicyclic amines) is 1. The fourth-order valence-electron chi connectivity index (χ4n) is 4.02. The number of amides is 2. The van der Waals surface area contributed by atoms with Crippen LogP contribution in [0.5, 0.6) is 0 Å². The van der Waals surface area contributed by atoms with E-state index in [1.807, 2.05) is 33.9 Å². The summed E-state index contributed by atoms with van der Waals surface area (Å²) in [6, 6.07) is -1.36. The fraction of sp³-hybridized carbons (Fsp3) is 0.700. The van der Waals surface area contributed by atoms with Gasteiger partial charge < -0.3 is 15.3 Å². The molecule has 1 saturated carbocycles. The van der Waals surface area contributed by atoms with E-state index in [0.29, 0.717) is 12.5 Å². The largest absolute Gasteiger partial charge is 0.391 e. The summed E-state index contributed by atoms with van der Waals surface area (Å²) in [6.07, 6.45) is 3.51. The second kappa shape index (κ2) is 8.27. The molecule has 0 bridgehead atoms. The molecule has 2 aliphatic rings. The third-order valence-electron chi connectivity index (χ3n) is 5.88. The highest BCUT2D eigenvalue weighted by atomic mass is 32.1. The number of carbonyl (C=O) groups is 2. The van der Waals surface area contributed by atoms with Crippen LogP contribution < -0.4 is 5.32 Å². The molecule has 0 spiro atoms. The molecule has 1 saturated heterocycles. The Kier molecular flexibility index (Phi) is 5.82. The highest BCUT2D eigenvalue weighted by molar-refractivity contribution is 7.05. The van der Waals surface area contributed by atoms with Gasteiger partial charge in [0.25, 0.3) is 0 Å². The zero-order chi connectivity index (χ0) is 22.3. The van der Waals surface area contributed by atoms with Crippen molar-refractivity contribution in [2.24, 2.45) is 5.41 Å². The van der Waals surface area contributed by atoms with Crippen molar-refractivity contribution in [3.05, 3.63) is 22.5 Å².